The van der Waals surface area contributed by atoms with Crippen molar-refractivity contribution in [2.24, 2.45) is 0 Å². The molecule has 9 heteroatoms. The SMILES string of the molecule is COc1cc(C=CC(=O)C(O)(C(=O)[O-])C(=O)[O-])cc(OC)c1O. The van der Waals surface area contributed by atoms with Crippen molar-refractivity contribution in [2.75, 3.05) is 14.2 Å². The van der Waals surface area contributed by atoms with Crippen molar-refractivity contribution in [2.45, 2.75) is 5.60 Å². The smallest absolute Gasteiger partial charge is 0.206 e. The Balaban J connectivity index is 3.21. The normalized spacial score (nSPS) is 11.3. The molecule has 0 spiro atoms. The maximum Gasteiger partial charge on any atom is 0.206 e. The Morgan fingerprint density at radius 1 is 1.09 bits per heavy atom. The lowest BCUT2D eigenvalue weighted by atomic mass is 9.98. The highest BCUT2D eigenvalue weighted by Crippen LogP contribution is 2.37. The summed E-state index contributed by atoms with van der Waals surface area (Å²) in [6.45, 7) is 0. The molecular weight excluding hydrogens is 312 g/mol. The zero-order valence-corrected chi connectivity index (χ0v) is 12.1. The first-order valence-corrected chi connectivity index (χ1v) is 6.01. The second kappa shape index (κ2) is 6.79. The number of carboxylic acids is 2. The van der Waals surface area contributed by atoms with E-state index in [1.165, 1.54) is 26.4 Å². The van der Waals surface area contributed by atoms with Gasteiger partial charge in [-0.3, -0.25) is 4.79 Å². The van der Waals surface area contributed by atoms with Crippen LogP contribution in [0.1, 0.15) is 5.56 Å². The van der Waals surface area contributed by atoms with Crippen molar-refractivity contribution in [1.82, 2.24) is 0 Å². The molecule has 0 unspecified atom stereocenters. The van der Waals surface area contributed by atoms with E-state index in [9.17, 15) is 34.8 Å². The molecule has 2 N–H and O–H groups in total. The molecule has 0 radical (unpaired) electrons. The number of hydrogen-bond acceptors (Lipinski definition) is 9. The summed E-state index contributed by atoms with van der Waals surface area (Å²) in [6, 6.07) is 2.53. The number of carbonyl (C=O) groups is 3. The Hall–Kier alpha value is -3.07. The Morgan fingerprint density at radius 2 is 1.52 bits per heavy atom. The molecule has 1 aromatic carbocycles. The van der Waals surface area contributed by atoms with Crippen LogP contribution in [0, 0.1) is 0 Å². The molecule has 23 heavy (non-hydrogen) atoms. The average Bonchev–Trinajstić information content (AvgIpc) is 2.51. The molecule has 0 heterocycles. The van der Waals surface area contributed by atoms with Crippen molar-refractivity contribution < 1.29 is 44.3 Å². The number of aliphatic hydroxyl groups is 1. The van der Waals surface area contributed by atoms with Crippen molar-refractivity contribution in [3.05, 3.63) is 23.8 Å². The number of aliphatic carboxylic acids is 2. The molecule has 1 aromatic rings. The summed E-state index contributed by atoms with van der Waals surface area (Å²) in [4.78, 5) is 32.9. The van der Waals surface area contributed by atoms with E-state index in [0.29, 0.717) is 6.08 Å². The Morgan fingerprint density at radius 3 is 1.87 bits per heavy atom. The van der Waals surface area contributed by atoms with Crippen molar-refractivity contribution >= 4 is 23.8 Å². The van der Waals surface area contributed by atoms with Gasteiger partial charge in [0.25, 0.3) is 0 Å². The summed E-state index contributed by atoms with van der Waals surface area (Å²) in [5.74, 6) is -7.04. The highest BCUT2D eigenvalue weighted by Gasteiger charge is 2.37. The fourth-order valence-corrected chi connectivity index (χ4v) is 1.59. The zero-order valence-electron chi connectivity index (χ0n) is 12.1. The van der Waals surface area contributed by atoms with E-state index in [-0.39, 0.29) is 22.8 Å². The number of phenolic OH excluding ortho intramolecular Hbond substituents is 1. The minimum atomic E-state index is -3.80. The van der Waals surface area contributed by atoms with Crippen LogP contribution in [0.15, 0.2) is 18.2 Å². The molecule has 0 atom stereocenters. The highest BCUT2D eigenvalue weighted by molar-refractivity contribution is 6.25. The van der Waals surface area contributed by atoms with E-state index in [1.807, 2.05) is 0 Å². The molecule has 9 nitrogen and oxygen atoms in total. The van der Waals surface area contributed by atoms with Gasteiger partial charge in [0.2, 0.25) is 11.4 Å². The third kappa shape index (κ3) is 3.40. The van der Waals surface area contributed by atoms with Gasteiger partial charge in [0.1, 0.15) is 0 Å². The largest absolute Gasteiger partial charge is 0.546 e. The number of ketones is 1. The van der Waals surface area contributed by atoms with Gasteiger partial charge in [-0.25, -0.2) is 0 Å². The summed E-state index contributed by atoms with van der Waals surface area (Å²) >= 11 is 0. The third-order valence-electron chi connectivity index (χ3n) is 2.88. The van der Waals surface area contributed by atoms with Crippen LogP contribution >= 0.6 is 0 Å². The number of benzene rings is 1. The number of rotatable bonds is 7. The topological polar surface area (TPSA) is 156 Å². The third-order valence-corrected chi connectivity index (χ3v) is 2.88. The van der Waals surface area contributed by atoms with Crippen LogP contribution in [0.2, 0.25) is 0 Å². The van der Waals surface area contributed by atoms with Gasteiger partial charge in [-0.2, -0.15) is 0 Å². The van der Waals surface area contributed by atoms with Crippen LogP contribution in [0.4, 0.5) is 0 Å². The summed E-state index contributed by atoms with van der Waals surface area (Å²) in [5, 5.41) is 40.4. The van der Waals surface area contributed by atoms with Crippen LogP contribution in [-0.4, -0.2) is 47.8 Å². The van der Waals surface area contributed by atoms with E-state index >= 15 is 0 Å². The van der Waals surface area contributed by atoms with E-state index in [0.717, 1.165) is 6.08 Å². The number of methoxy groups -OCH3 is 2. The molecule has 1 rings (SSSR count). The van der Waals surface area contributed by atoms with E-state index < -0.39 is 23.3 Å². The van der Waals surface area contributed by atoms with E-state index in [1.54, 1.807) is 0 Å². The summed E-state index contributed by atoms with van der Waals surface area (Å²) in [7, 11) is 2.52. The van der Waals surface area contributed by atoms with Gasteiger partial charge in [0, 0.05) is 0 Å². The molecule has 0 saturated heterocycles. The minimum absolute atomic E-state index is 0.00786. The molecule has 124 valence electrons. The van der Waals surface area contributed by atoms with E-state index in [2.05, 4.69) is 0 Å². The monoisotopic (exact) mass is 324 g/mol. The number of hydrogen-bond donors (Lipinski definition) is 2. The van der Waals surface area contributed by atoms with Crippen LogP contribution in [0.3, 0.4) is 0 Å². The number of aromatic hydroxyl groups is 1. The number of carboxylic acid groups (broad SMARTS) is 2. The number of phenols is 1. The lowest BCUT2D eigenvalue weighted by Gasteiger charge is -2.26. The van der Waals surface area contributed by atoms with Crippen LogP contribution in [0.5, 0.6) is 17.2 Å². The molecule has 0 aliphatic rings. The fourth-order valence-electron chi connectivity index (χ4n) is 1.59. The first-order chi connectivity index (χ1) is 10.7. The summed E-state index contributed by atoms with van der Waals surface area (Å²) < 4.78 is 9.74. The molecular formula is C14H12O9-2. The maximum absolute atomic E-state index is 11.6. The first kappa shape index (κ1) is 18.0. The zero-order chi connectivity index (χ0) is 17.8. The highest BCUT2D eigenvalue weighted by atomic mass is 16.5. The quantitative estimate of drug-likeness (QED) is 0.400. The van der Waals surface area contributed by atoms with Crippen LogP contribution in [0.25, 0.3) is 6.08 Å². The van der Waals surface area contributed by atoms with Crippen molar-refractivity contribution in [3.8, 4) is 17.2 Å². The van der Waals surface area contributed by atoms with Gasteiger partial charge in [-0.1, -0.05) is 6.08 Å². The lowest BCUT2D eigenvalue weighted by Crippen LogP contribution is -2.63. The van der Waals surface area contributed by atoms with Gasteiger partial charge in [-0.05, 0) is 23.8 Å². The van der Waals surface area contributed by atoms with Gasteiger partial charge in [0.15, 0.2) is 17.3 Å². The molecule has 0 aliphatic heterocycles. The Kier molecular flexibility index (Phi) is 5.31. The van der Waals surface area contributed by atoms with E-state index in [4.69, 9.17) is 9.47 Å². The standard InChI is InChI=1S/C14H14O9/c1-22-8-5-7(6-9(23-2)11(8)16)3-4-10(15)14(21,12(17)18)13(19)20/h3-6,16,21H,1-2H3,(H,17,18)(H,19,20)/p-2. The van der Waals surface area contributed by atoms with Crippen LogP contribution in [-0.2, 0) is 14.4 Å². The minimum Gasteiger partial charge on any atom is -0.546 e. The predicted octanol–water partition coefficient (Wildman–Crippen LogP) is -2.78. The van der Waals surface area contributed by atoms with Gasteiger partial charge in [0.05, 0.1) is 26.2 Å². The number of ether oxygens (including phenoxy) is 2. The molecule has 0 aromatic heterocycles. The Labute approximate surface area is 130 Å². The first-order valence-electron chi connectivity index (χ1n) is 6.01. The summed E-state index contributed by atoms with van der Waals surface area (Å²) in [6.07, 6.45) is 1.50. The maximum atomic E-state index is 11.6. The van der Waals surface area contributed by atoms with Gasteiger partial charge >= 0.3 is 0 Å². The van der Waals surface area contributed by atoms with Crippen molar-refractivity contribution in [1.29, 1.82) is 0 Å². The van der Waals surface area contributed by atoms with Crippen molar-refractivity contribution in [3.63, 3.8) is 0 Å². The lowest BCUT2D eigenvalue weighted by molar-refractivity contribution is -0.344. The molecule has 0 aliphatic carbocycles. The predicted molar refractivity (Wildman–Crippen MR) is 70.2 cm³/mol. The summed E-state index contributed by atoms with van der Waals surface area (Å²) in [5.41, 5.74) is -3.61. The molecule has 0 bridgehead atoms. The second-order valence-corrected chi connectivity index (χ2v) is 4.26. The molecule has 0 fully saturated rings. The number of carbonyl (C=O) groups excluding carboxylic acids is 3. The molecule has 0 saturated carbocycles. The van der Waals surface area contributed by atoms with Crippen LogP contribution < -0.4 is 19.7 Å². The second-order valence-electron chi connectivity index (χ2n) is 4.26. The fraction of sp³-hybridized carbons (Fsp3) is 0.214. The van der Waals surface area contributed by atoms with Gasteiger partial charge in [-0.15, -0.1) is 0 Å². The van der Waals surface area contributed by atoms with Gasteiger partial charge < -0.3 is 39.5 Å². The Bertz CT molecular complexity index is 636. The average molecular weight is 324 g/mol. The molecule has 0 amide bonds.